The quantitative estimate of drug-likeness (QED) is 0.829. The molecule has 1 aromatic heterocycles. The molecule has 0 amide bonds. The van der Waals surface area contributed by atoms with E-state index in [1.54, 1.807) is 0 Å². The van der Waals surface area contributed by atoms with Gasteiger partial charge in [-0.1, -0.05) is 0 Å². The first kappa shape index (κ1) is 13.0. The highest BCUT2D eigenvalue weighted by molar-refractivity contribution is 5.12. The first-order valence-electron chi connectivity index (χ1n) is 4.36. The van der Waals surface area contributed by atoms with Gasteiger partial charge in [-0.25, -0.2) is 8.78 Å². The van der Waals surface area contributed by atoms with Crippen molar-refractivity contribution in [2.75, 3.05) is 0 Å². The van der Waals surface area contributed by atoms with Gasteiger partial charge in [-0.3, -0.25) is 0 Å². The average Bonchev–Trinajstić information content (AvgIpc) is 2.50. The largest absolute Gasteiger partial charge is 0.456 e. The average molecular weight is 243 g/mol. The monoisotopic (exact) mass is 243 g/mol. The molecular formula is C9H10F5NO. The van der Waals surface area contributed by atoms with Crippen LogP contribution in [0.2, 0.25) is 0 Å². The predicted molar refractivity (Wildman–Crippen MR) is 46.0 cm³/mol. The smallest absolute Gasteiger partial charge is 0.449 e. The Bertz CT molecular complexity index is 355. The van der Waals surface area contributed by atoms with E-state index in [0.717, 1.165) is 13.0 Å². The number of nitrogens with two attached hydrogens (primary N) is 1. The second-order valence-corrected chi connectivity index (χ2v) is 3.75. The van der Waals surface area contributed by atoms with Crippen LogP contribution < -0.4 is 5.73 Å². The molecule has 7 heteroatoms. The summed E-state index contributed by atoms with van der Waals surface area (Å²) in [6, 6.07) is 1.69. The fraction of sp³-hybridized carbons (Fsp3) is 0.556. The molecule has 0 saturated heterocycles. The lowest BCUT2D eigenvalue weighted by atomic mass is 9.99. The van der Waals surface area contributed by atoms with E-state index in [-0.39, 0.29) is 5.76 Å². The Balaban J connectivity index is 2.81. The molecule has 0 aliphatic carbocycles. The van der Waals surface area contributed by atoms with Gasteiger partial charge in [0.2, 0.25) is 5.76 Å². The Morgan fingerprint density at radius 2 is 1.88 bits per heavy atom. The molecule has 0 aliphatic rings. The fourth-order valence-electron chi connectivity index (χ4n) is 1.08. The molecule has 92 valence electrons. The van der Waals surface area contributed by atoms with Gasteiger partial charge in [0.1, 0.15) is 5.76 Å². The summed E-state index contributed by atoms with van der Waals surface area (Å²) in [6.07, 6.45) is -7.92. The summed E-state index contributed by atoms with van der Waals surface area (Å²) in [5.74, 6) is -1.43. The Morgan fingerprint density at radius 3 is 2.25 bits per heavy atom. The summed E-state index contributed by atoms with van der Waals surface area (Å²) in [6.45, 7) is 1.05. The molecule has 1 unspecified atom stereocenters. The standard InChI is InChI=1S/C9H10F5NO/c1-8(15,7(10)11)4-5-2-3-6(16-5)9(12,13)14/h2-3,7H,4,15H2,1H3. The van der Waals surface area contributed by atoms with E-state index in [1.807, 2.05) is 0 Å². The van der Waals surface area contributed by atoms with Gasteiger partial charge in [-0.15, -0.1) is 0 Å². The van der Waals surface area contributed by atoms with Crippen molar-refractivity contribution in [1.82, 2.24) is 0 Å². The van der Waals surface area contributed by atoms with Crippen LogP contribution in [-0.4, -0.2) is 12.0 Å². The van der Waals surface area contributed by atoms with Gasteiger partial charge in [-0.05, 0) is 19.1 Å². The SMILES string of the molecule is CC(N)(Cc1ccc(C(F)(F)F)o1)C(F)F. The van der Waals surface area contributed by atoms with E-state index in [4.69, 9.17) is 5.73 Å². The molecule has 0 aliphatic heterocycles. The molecule has 2 N–H and O–H groups in total. The van der Waals surface area contributed by atoms with Crippen LogP contribution in [-0.2, 0) is 12.6 Å². The lowest BCUT2D eigenvalue weighted by molar-refractivity contribution is -0.153. The van der Waals surface area contributed by atoms with Crippen molar-refractivity contribution >= 4 is 0 Å². The van der Waals surface area contributed by atoms with Crippen LogP contribution >= 0.6 is 0 Å². The third-order valence-electron chi connectivity index (χ3n) is 1.99. The molecule has 1 aromatic rings. The number of alkyl halides is 5. The number of rotatable bonds is 3. The minimum absolute atomic E-state index is 0.211. The van der Waals surface area contributed by atoms with Crippen molar-refractivity contribution < 1.29 is 26.4 Å². The molecule has 0 aromatic carbocycles. The van der Waals surface area contributed by atoms with E-state index in [2.05, 4.69) is 4.42 Å². The van der Waals surface area contributed by atoms with Gasteiger partial charge >= 0.3 is 6.18 Å². The minimum Gasteiger partial charge on any atom is -0.456 e. The summed E-state index contributed by atoms with van der Waals surface area (Å²) in [5.41, 5.74) is 3.32. The zero-order valence-electron chi connectivity index (χ0n) is 8.31. The van der Waals surface area contributed by atoms with Crippen molar-refractivity contribution in [3.8, 4) is 0 Å². The van der Waals surface area contributed by atoms with Crippen LogP contribution in [0.25, 0.3) is 0 Å². The van der Waals surface area contributed by atoms with E-state index >= 15 is 0 Å². The van der Waals surface area contributed by atoms with E-state index in [9.17, 15) is 22.0 Å². The first-order valence-corrected chi connectivity index (χ1v) is 4.36. The predicted octanol–water partition coefficient (Wildman–Crippen LogP) is 2.82. The second kappa shape index (κ2) is 4.04. The van der Waals surface area contributed by atoms with Gasteiger partial charge in [0.25, 0.3) is 6.43 Å². The highest BCUT2D eigenvalue weighted by atomic mass is 19.4. The van der Waals surface area contributed by atoms with E-state index < -0.39 is 30.3 Å². The lowest BCUT2D eigenvalue weighted by Gasteiger charge is -2.21. The van der Waals surface area contributed by atoms with Gasteiger partial charge in [0.15, 0.2) is 0 Å². The number of furan rings is 1. The molecule has 0 fully saturated rings. The summed E-state index contributed by atoms with van der Waals surface area (Å²) >= 11 is 0. The van der Waals surface area contributed by atoms with Gasteiger partial charge in [0, 0.05) is 6.42 Å². The maximum atomic E-state index is 12.4. The molecular weight excluding hydrogens is 233 g/mol. The Labute approximate surface area is 88.2 Å². The third kappa shape index (κ3) is 2.94. The Kier molecular flexibility index (Phi) is 3.27. The maximum absolute atomic E-state index is 12.4. The molecule has 0 spiro atoms. The highest BCUT2D eigenvalue weighted by Crippen LogP contribution is 2.31. The number of hydrogen-bond donors (Lipinski definition) is 1. The zero-order valence-corrected chi connectivity index (χ0v) is 8.31. The Morgan fingerprint density at radius 1 is 1.31 bits per heavy atom. The summed E-state index contributed by atoms with van der Waals surface area (Å²) in [7, 11) is 0. The lowest BCUT2D eigenvalue weighted by Crippen LogP contribution is -2.45. The molecule has 1 heterocycles. The van der Waals surface area contributed by atoms with Crippen LogP contribution in [0.15, 0.2) is 16.5 Å². The molecule has 1 atom stereocenters. The maximum Gasteiger partial charge on any atom is 0.449 e. The Hall–Kier alpha value is -1.11. The molecule has 0 bridgehead atoms. The molecule has 16 heavy (non-hydrogen) atoms. The van der Waals surface area contributed by atoms with E-state index in [0.29, 0.717) is 6.07 Å². The molecule has 0 saturated carbocycles. The molecule has 1 rings (SSSR count). The summed E-state index contributed by atoms with van der Waals surface area (Å²) in [4.78, 5) is 0. The van der Waals surface area contributed by atoms with Crippen molar-refractivity contribution in [1.29, 1.82) is 0 Å². The van der Waals surface area contributed by atoms with Crippen LogP contribution in [0.5, 0.6) is 0 Å². The fourth-order valence-corrected chi connectivity index (χ4v) is 1.08. The van der Waals surface area contributed by atoms with Crippen LogP contribution in [0, 0.1) is 0 Å². The van der Waals surface area contributed by atoms with E-state index in [1.165, 1.54) is 0 Å². The summed E-state index contributed by atoms with van der Waals surface area (Å²) in [5, 5.41) is 0. The van der Waals surface area contributed by atoms with Crippen molar-refractivity contribution in [3.05, 3.63) is 23.7 Å². The van der Waals surface area contributed by atoms with Gasteiger partial charge in [-0.2, -0.15) is 13.2 Å². The highest BCUT2D eigenvalue weighted by Gasteiger charge is 2.36. The first-order chi connectivity index (χ1) is 7.13. The molecule has 2 nitrogen and oxygen atoms in total. The second-order valence-electron chi connectivity index (χ2n) is 3.75. The van der Waals surface area contributed by atoms with Crippen LogP contribution in [0.1, 0.15) is 18.4 Å². The summed E-state index contributed by atoms with van der Waals surface area (Å²) < 4.78 is 65.5. The minimum atomic E-state index is -4.62. The zero-order chi connectivity index (χ0) is 12.6. The topological polar surface area (TPSA) is 39.2 Å². The van der Waals surface area contributed by atoms with Crippen molar-refractivity contribution in [3.63, 3.8) is 0 Å². The third-order valence-corrected chi connectivity index (χ3v) is 1.99. The number of halogens is 5. The number of hydrogen-bond acceptors (Lipinski definition) is 2. The van der Waals surface area contributed by atoms with Gasteiger partial charge in [0.05, 0.1) is 5.54 Å². The van der Waals surface area contributed by atoms with Crippen LogP contribution in [0.4, 0.5) is 22.0 Å². The molecule has 0 radical (unpaired) electrons. The van der Waals surface area contributed by atoms with Crippen molar-refractivity contribution in [2.45, 2.75) is 31.5 Å². The van der Waals surface area contributed by atoms with Crippen molar-refractivity contribution in [2.24, 2.45) is 5.73 Å². The van der Waals surface area contributed by atoms with Gasteiger partial charge < -0.3 is 10.2 Å². The van der Waals surface area contributed by atoms with Crippen LogP contribution in [0.3, 0.4) is 0 Å². The normalized spacial score (nSPS) is 16.5.